The van der Waals surface area contributed by atoms with E-state index in [0.717, 1.165) is 18.6 Å². The first kappa shape index (κ1) is 9.22. The van der Waals surface area contributed by atoms with Crippen LogP contribution in [0.25, 0.3) is 0 Å². The van der Waals surface area contributed by atoms with Crippen LogP contribution in [-0.4, -0.2) is 17.8 Å². The van der Waals surface area contributed by atoms with Crippen LogP contribution in [0, 0.1) is 5.41 Å². The second kappa shape index (κ2) is 2.56. The van der Waals surface area contributed by atoms with Gasteiger partial charge in [-0.15, -0.1) is 0 Å². The van der Waals surface area contributed by atoms with Gasteiger partial charge in [0.1, 0.15) is 5.75 Å². The van der Waals surface area contributed by atoms with Crippen molar-refractivity contribution in [3.8, 4) is 5.75 Å². The number of benzene rings is 1. The van der Waals surface area contributed by atoms with Crippen LogP contribution >= 0.6 is 0 Å². The number of ether oxygens (including phenoxy) is 1. The topological polar surface area (TPSA) is 29.5 Å². The third kappa shape index (κ3) is 1.03. The molecular weight excluding hydrogens is 188 g/mol. The third-order valence-electron chi connectivity index (χ3n) is 4.10. The molecule has 2 nitrogen and oxygen atoms in total. The SMILES string of the molecule is COc1ccc([C@H]2C3(C)CC2(O)C3)cc1. The van der Waals surface area contributed by atoms with Crippen LogP contribution in [0.1, 0.15) is 31.2 Å². The second-order valence-corrected chi connectivity index (χ2v) is 5.32. The number of hydrogen-bond donors (Lipinski definition) is 1. The summed E-state index contributed by atoms with van der Waals surface area (Å²) in [6.45, 7) is 2.26. The van der Waals surface area contributed by atoms with Crippen molar-refractivity contribution in [3.63, 3.8) is 0 Å². The minimum absolute atomic E-state index is 0.343. The van der Waals surface area contributed by atoms with Crippen molar-refractivity contribution in [2.75, 3.05) is 7.11 Å². The van der Waals surface area contributed by atoms with E-state index in [1.165, 1.54) is 5.56 Å². The van der Waals surface area contributed by atoms with Crippen molar-refractivity contribution in [3.05, 3.63) is 29.8 Å². The van der Waals surface area contributed by atoms with Crippen LogP contribution in [0.2, 0.25) is 0 Å². The lowest BCUT2D eigenvalue weighted by atomic mass is 9.34. The Balaban J connectivity index is 1.88. The maximum absolute atomic E-state index is 10.2. The summed E-state index contributed by atoms with van der Waals surface area (Å²) in [4.78, 5) is 0. The molecule has 1 aromatic carbocycles. The maximum atomic E-state index is 10.2. The van der Waals surface area contributed by atoms with E-state index < -0.39 is 5.60 Å². The van der Waals surface area contributed by atoms with Crippen LogP contribution in [0.3, 0.4) is 0 Å². The van der Waals surface area contributed by atoms with Crippen molar-refractivity contribution in [1.82, 2.24) is 0 Å². The maximum Gasteiger partial charge on any atom is 0.118 e. The Hall–Kier alpha value is -1.02. The number of methoxy groups -OCH3 is 1. The zero-order valence-electron chi connectivity index (χ0n) is 9.16. The van der Waals surface area contributed by atoms with E-state index in [4.69, 9.17) is 4.74 Å². The zero-order chi connectivity index (χ0) is 10.7. The van der Waals surface area contributed by atoms with Gasteiger partial charge in [-0.2, -0.15) is 0 Å². The Morgan fingerprint density at radius 1 is 1.27 bits per heavy atom. The van der Waals surface area contributed by atoms with Crippen LogP contribution in [0.5, 0.6) is 5.75 Å². The molecule has 2 bridgehead atoms. The monoisotopic (exact) mass is 204 g/mol. The molecule has 3 fully saturated rings. The number of hydrogen-bond acceptors (Lipinski definition) is 2. The van der Waals surface area contributed by atoms with Crippen LogP contribution in [0.15, 0.2) is 24.3 Å². The Bertz CT molecular complexity index is 374. The van der Waals surface area contributed by atoms with Gasteiger partial charge in [-0.1, -0.05) is 19.1 Å². The molecule has 3 aliphatic rings. The zero-order valence-corrected chi connectivity index (χ0v) is 9.16. The smallest absolute Gasteiger partial charge is 0.118 e. The molecule has 1 N–H and O–H groups in total. The summed E-state index contributed by atoms with van der Waals surface area (Å²) in [6.07, 6.45) is 1.94. The molecule has 0 aromatic heterocycles. The molecule has 0 spiro atoms. The van der Waals surface area contributed by atoms with E-state index in [2.05, 4.69) is 19.1 Å². The van der Waals surface area contributed by atoms with Crippen molar-refractivity contribution in [2.24, 2.45) is 5.41 Å². The molecule has 2 heteroatoms. The Labute approximate surface area is 89.9 Å². The highest BCUT2D eigenvalue weighted by atomic mass is 16.5. The predicted octanol–water partition coefficient (Wildman–Crippen LogP) is 2.32. The predicted molar refractivity (Wildman–Crippen MR) is 58.0 cm³/mol. The Kier molecular flexibility index (Phi) is 1.57. The van der Waals surface area contributed by atoms with Crippen LogP contribution in [0.4, 0.5) is 0 Å². The summed E-state index contributed by atoms with van der Waals surface area (Å²) < 4.78 is 5.13. The molecule has 0 unspecified atom stereocenters. The second-order valence-electron chi connectivity index (χ2n) is 5.32. The lowest BCUT2D eigenvalue weighted by Crippen LogP contribution is -2.72. The van der Waals surface area contributed by atoms with Gasteiger partial charge in [-0.3, -0.25) is 0 Å². The van der Waals surface area contributed by atoms with Gasteiger partial charge in [0.25, 0.3) is 0 Å². The average Bonchev–Trinajstić information content (AvgIpc) is 2.17. The highest BCUT2D eigenvalue weighted by molar-refractivity contribution is 5.41. The van der Waals surface area contributed by atoms with Crippen molar-refractivity contribution < 1.29 is 9.84 Å². The molecule has 0 amide bonds. The Morgan fingerprint density at radius 3 is 2.27 bits per heavy atom. The average molecular weight is 204 g/mol. The third-order valence-corrected chi connectivity index (χ3v) is 4.10. The summed E-state index contributed by atoms with van der Waals surface area (Å²) in [5, 5.41) is 10.2. The minimum atomic E-state index is -0.399. The summed E-state index contributed by atoms with van der Waals surface area (Å²) in [6, 6.07) is 8.09. The van der Waals surface area contributed by atoms with Crippen LogP contribution in [-0.2, 0) is 0 Å². The van der Waals surface area contributed by atoms with Gasteiger partial charge in [0.2, 0.25) is 0 Å². The van der Waals surface area contributed by atoms with Gasteiger partial charge in [-0.25, -0.2) is 0 Å². The molecule has 0 heterocycles. The number of aliphatic hydroxyl groups is 1. The lowest BCUT2D eigenvalue weighted by molar-refractivity contribution is -0.275. The van der Waals surface area contributed by atoms with Gasteiger partial charge in [0, 0.05) is 5.92 Å². The fourth-order valence-corrected chi connectivity index (χ4v) is 3.65. The first-order valence-electron chi connectivity index (χ1n) is 5.44. The van der Waals surface area contributed by atoms with E-state index in [9.17, 15) is 5.11 Å². The molecule has 80 valence electrons. The highest BCUT2D eigenvalue weighted by Gasteiger charge is 2.72. The standard InChI is InChI=1S/C13H16O2/c1-12-7-13(14,8-12)11(12)9-3-5-10(15-2)6-4-9/h3-6,11,14H,7-8H2,1-2H3/t11-,12?,13?/m0/s1. The van der Waals surface area contributed by atoms with Gasteiger partial charge < -0.3 is 9.84 Å². The fourth-order valence-electron chi connectivity index (χ4n) is 3.65. The van der Waals surface area contributed by atoms with Crippen molar-refractivity contribution in [2.45, 2.75) is 31.3 Å². The van der Waals surface area contributed by atoms with E-state index in [1.807, 2.05) is 12.1 Å². The van der Waals surface area contributed by atoms with Gasteiger partial charge in [0.15, 0.2) is 0 Å². The quantitative estimate of drug-likeness (QED) is 0.801. The molecule has 15 heavy (non-hydrogen) atoms. The fraction of sp³-hybridized carbons (Fsp3) is 0.538. The first-order valence-corrected chi connectivity index (χ1v) is 5.44. The van der Waals surface area contributed by atoms with E-state index in [0.29, 0.717) is 11.3 Å². The molecule has 0 saturated heterocycles. The summed E-state index contributed by atoms with van der Waals surface area (Å²) in [7, 11) is 1.67. The van der Waals surface area contributed by atoms with Gasteiger partial charge in [-0.05, 0) is 36.0 Å². The van der Waals surface area contributed by atoms with Crippen molar-refractivity contribution in [1.29, 1.82) is 0 Å². The summed E-state index contributed by atoms with van der Waals surface area (Å²) >= 11 is 0. The van der Waals surface area contributed by atoms with Gasteiger partial charge in [0.05, 0.1) is 12.7 Å². The molecule has 3 saturated carbocycles. The molecule has 4 rings (SSSR count). The highest BCUT2D eigenvalue weighted by Crippen LogP contribution is 2.75. The van der Waals surface area contributed by atoms with E-state index in [-0.39, 0.29) is 0 Å². The molecule has 3 aliphatic carbocycles. The largest absolute Gasteiger partial charge is 0.497 e. The molecule has 0 radical (unpaired) electrons. The summed E-state index contributed by atoms with van der Waals surface area (Å²) in [5.41, 5.74) is 1.20. The van der Waals surface area contributed by atoms with E-state index in [1.54, 1.807) is 7.11 Å². The van der Waals surface area contributed by atoms with Crippen LogP contribution < -0.4 is 4.74 Å². The van der Waals surface area contributed by atoms with E-state index >= 15 is 0 Å². The molecule has 1 aromatic rings. The molecular formula is C13H16O2. The first-order chi connectivity index (χ1) is 7.07. The minimum Gasteiger partial charge on any atom is -0.497 e. The summed E-state index contributed by atoms with van der Waals surface area (Å²) in [5.74, 6) is 1.22. The Morgan fingerprint density at radius 2 is 1.87 bits per heavy atom. The lowest BCUT2D eigenvalue weighted by Gasteiger charge is -2.73. The van der Waals surface area contributed by atoms with Gasteiger partial charge >= 0.3 is 0 Å². The normalized spacial score (nSPS) is 41.7. The molecule has 0 aliphatic heterocycles. The number of rotatable bonds is 2. The molecule has 1 atom stereocenters. The van der Waals surface area contributed by atoms with Crippen molar-refractivity contribution >= 4 is 0 Å².